The fourth-order valence-electron chi connectivity index (χ4n) is 3.19. The fraction of sp³-hybridized carbons (Fsp3) is 0.389. The van der Waals surface area contributed by atoms with Crippen LogP contribution in [0.5, 0.6) is 0 Å². The minimum atomic E-state index is -0.252. The van der Waals surface area contributed by atoms with Gasteiger partial charge in [-0.2, -0.15) is 0 Å². The molecule has 1 aromatic carbocycles. The van der Waals surface area contributed by atoms with Gasteiger partial charge in [-0.3, -0.25) is 4.79 Å². The lowest BCUT2D eigenvalue weighted by Gasteiger charge is -2.29. The summed E-state index contributed by atoms with van der Waals surface area (Å²) in [5.41, 5.74) is 7.35. The van der Waals surface area contributed by atoms with E-state index in [4.69, 9.17) is 5.73 Å². The second-order valence-electron chi connectivity index (χ2n) is 5.93. The van der Waals surface area contributed by atoms with E-state index in [-0.39, 0.29) is 23.9 Å². The first-order chi connectivity index (χ1) is 10.7. The zero-order valence-electron chi connectivity index (χ0n) is 12.8. The van der Waals surface area contributed by atoms with E-state index in [0.29, 0.717) is 0 Å². The lowest BCUT2D eigenvalue weighted by atomic mass is 9.94. The van der Waals surface area contributed by atoms with Gasteiger partial charge in [0.1, 0.15) is 0 Å². The zero-order valence-corrected chi connectivity index (χ0v) is 13.6. The molecule has 1 saturated heterocycles. The number of rotatable bonds is 4. The molecule has 116 valence electrons. The van der Waals surface area contributed by atoms with Gasteiger partial charge in [0.05, 0.1) is 12.0 Å². The number of thiophene rings is 1. The van der Waals surface area contributed by atoms with Crippen LogP contribution in [0, 0.1) is 5.92 Å². The Labute approximate surface area is 135 Å². The topological polar surface area (TPSA) is 46.3 Å². The molecular formula is C18H22N2OS. The Morgan fingerprint density at radius 2 is 2.05 bits per heavy atom. The molecule has 0 bridgehead atoms. The van der Waals surface area contributed by atoms with Crippen molar-refractivity contribution in [2.45, 2.75) is 31.8 Å². The minimum Gasteiger partial charge on any atom is -0.335 e. The third kappa shape index (κ3) is 2.94. The van der Waals surface area contributed by atoms with Crippen LogP contribution in [0.4, 0.5) is 0 Å². The van der Waals surface area contributed by atoms with Gasteiger partial charge < -0.3 is 10.6 Å². The van der Waals surface area contributed by atoms with Crippen LogP contribution in [0.2, 0.25) is 0 Å². The van der Waals surface area contributed by atoms with E-state index in [0.717, 1.165) is 24.9 Å². The molecule has 3 atom stereocenters. The van der Waals surface area contributed by atoms with Crippen molar-refractivity contribution in [3.8, 4) is 0 Å². The summed E-state index contributed by atoms with van der Waals surface area (Å²) in [4.78, 5) is 16.2. The van der Waals surface area contributed by atoms with Gasteiger partial charge in [0.15, 0.2) is 0 Å². The third-order valence-corrected chi connectivity index (χ3v) is 5.49. The van der Waals surface area contributed by atoms with Gasteiger partial charge >= 0.3 is 0 Å². The Morgan fingerprint density at radius 1 is 1.27 bits per heavy atom. The van der Waals surface area contributed by atoms with Crippen LogP contribution >= 0.6 is 11.3 Å². The van der Waals surface area contributed by atoms with Crippen LogP contribution in [0.25, 0.3) is 0 Å². The highest BCUT2D eigenvalue weighted by Gasteiger charge is 2.35. The maximum atomic E-state index is 12.9. The van der Waals surface area contributed by atoms with E-state index in [1.807, 2.05) is 42.2 Å². The normalized spacial score (nSPS) is 20.8. The summed E-state index contributed by atoms with van der Waals surface area (Å²) in [6.07, 6.45) is 2.13. The number of nitrogens with zero attached hydrogens (tertiary/aromatic N) is 1. The molecule has 0 spiro atoms. The average Bonchev–Trinajstić information content (AvgIpc) is 3.24. The molecule has 0 radical (unpaired) electrons. The van der Waals surface area contributed by atoms with Crippen molar-refractivity contribution in [2.75, 3.05) is 6.54 Å². The first kappa shape index (κ1) is 15.3. The average molecular weight is 314 g/mol. The molecule has 1 aliphatic rings. The standard InChI is InChI=1S/C18H22N2OS/c1-13(17(19)14-7-3-2-4-8-14)18(21)20-11-5-9-15(20)16-10-6-12-22-16/h2-4,6-8,10,12-13,15,17H,5,9,11,19H2,1H3. The summed E-state index contributed by atoms with van der Waals surface area (Å²) in [5.74, 6) is -0.0322. The highest BCUT2D eigenvalue weighted by Crippen LogP contribution is 2.36. The van der Waals surface area contributed by atoms with Crippen molar-refractivity contribution in [3.05, 3.63) is 58.3 Å². The Hall–Kier alpha value is -1.65. The maximum Gasteiger partial charge on any atom is 0.227 e. The second kappa shape index (κ2) is 6.63. The van der Waals surface area contributed by atoms with Gasteiger partial charge in [0.25, 0.3) is 0 Å². The maximum absolute atomic E-state index is 12.9. The van der Waals surface area contributed by atoms with Gasteiger partial charge in [-0.25, -0.2) is 0 Å². The largest absolute Gasteiger partial charge is 0.335 e. The van der Waals surface area contributed by atoms with E-state index in [2.05, 4.69) is 17.5 Å². The van der Waals surface area contributed by atoms with Crippen molar-refractivity contribution >= 4 is 17.2 Å². The first-order valence-electron chi connectivity index (χ1n) is 7.83. The van der Waals surface area contributed by atoms with Crippen LogP contribution < -0.4 is 5.73 Å². The number of amides is 1. The summed E-state index contributed by atoms with van der Waals surface area (Å²) in [6, 6.07) is 14.1. The van der Waals surface area contributed by atoms with Gasteiger partial charge in [-0.1, -0.05) is 43.3 Å². The second-order valence-corrected chi connectivity index (χ2v) is 6.91. The molecule has 4 heteroatoms. The molecule has 22 heavy (non-hydrogen) atoms. The van der Waals surface area contributed by atoms with Gasteiger partial charge in [-0.15, -0.1) is 11.3 Å². The SMILES string of the molecule is CC(C(=O)N1CCCC1c1cccs1)C(N)c1ccccc1. The molecule has 2 heterocycles. The van der Waals surface area contributed by atoms with Crippen molar-refractivity contribution in [1.29, 1.82) is 0 Å². The quantitative estimate of drug-likeness (QED) is 0.934. The molecule has 2 aromatic rings. The summed E-state index contributed by atoms with van der Waals surface area (Å²) < 4.78 is 0. The van der Waals surface area contributed by atoms with Gasteiger partial charge in [0, 0.05) is 17.5 Å². The molecule has 2 N–H and O–H groups in total. The molecule has 1 aromatic heterocycles. The number of hydrogen-bond acceptors (Lipinski definition) is 3. The summed E-state index contributed by atoms with van der Waals surface area (Å²) >= 11 is 1.73. The van der Waals surface area contributed by atoms with E-state index >= 15 is 0 Å². The van der Waals surface area contributed by atoms with E-state index < -0.39 is 0 Å². The van der Waals surface area contributed by atoms with E-state index in [1.54, 1.807) is 11.3 Å². The van der Waals surface area contributed by atoms with Crippen LogP contribution in [-0.4, -0.2) is 17.4 Å². The van der Waals surface area contributed by atoms with Crippen molar-refractivity contribution in [3.63, 3.8) is 0 Å². The van der Waals surface area contributed by atoms with Crippen molar-refractivity contribution in [1.82, 2.24) is 4.90 Å². The summed E-state index contributed by atoms with van der Waals surface area (Å²) in [6.45, 7) is 2.79. The van der Waals surface area contributed by atoms with Gasteiger partial charge in [-0.05, 0) is 29.9 Å². The highest BCUT2D eigenvalue weighted by atomic mass is 32.1. The van der Waals surface area contributed by atoms with Gasteiger partial charge in [0.2, 0.25) is 5.91 Å². The minimum absolute atomic E-state index is 0.173. The van der Waals surface area contributed by atoms with Crippen molar-refractivity contribution < 1.29 is 4.79 Å². The summed E-state index contributed by atoms with van der Waals surface area (Å²) in [7, 11) is 0. The Kier molecular flexibility index (Phi) is 4.60. The van der Waals surface area contributed by atoms with Crippen LogP contribution in [0.15, 0.2) is 47.8 Å². The predicted octanol–water partition coefficient (Wildman–Crippen LogP) is 3.75. The van der Waals surface area contributed by atoms with Crippen LogP contribution in [0.3, 0.4) is 0 Å². The molecule has 0 aliphatic carbocycles. The molecule has 3 rings (SSSR count). The number of nitrogens with two attached hydrogens (primary N) is 1. The number of carbonyl (C=O) groups is 1. The Morgan fingerprint density at radius 3 is 2.73 bits per heavy atom. The van der Waals surface area contributed by atoms with Crippen LogP contribution in [0.1, 0.15) is 42.3 Å². The molecular weight excluding hydrogens is 292 g/mol. The molecule has 1 aliphatic heterocycles. The summed E-state index contributed by atoms with van der Waals surface area (Å²) in [5, 5.41) is 2.08. The van der Waals surface area contributed by atoms with Crippen LogP contribution in [-0.2, 0) is 4.79 Å². The fourth-order valence-corrected chi connectivity index (χ4v) is 4.06. The molecule has 1 amide bonds. The monoisotopic (exact) mass is 314 g/mol. The Balaban J connectivity index is 1.75. The predicted molar refractivity (Wildman–Crippen MR) is 90.5 cm³/mol. The number of likely N-dealkylation sites (tertiary alicyclic amines) is 1. The number of carbonyl (C=O) groups excluding carboxylic acids is 1. The number of hydrogen-bond donors (Lipinski definition) is 1. The third-order valence-electron chi connectivity index (χ3n) is 4.52. The first-order valence-corrected chi connectivity index (χ1v) is 8.71. The molecule has 1 fully saturated rings. The molecule has 3 unspecified atom stereocenters. The highest BCUT2D eigenvalue weighted by molar-refractivity contribution is 7.10. The van der Waals surface area contributed by atoms with E-state index in [9.17, 15) is 4.79 Å². The molecule has 3 nitrogen and oxygen atoms in total. The number of benzene rings is 1. The zero-order chi connectivity index (χ0) is 15.5. The van der Waals surface area contributed by atoms with E-state index in [1.165, 1.54) is 4.88 Å². The Bertz CT molecular complexity index is 611. The lowest BCUT2D eigenvalue weighted by molar-refractivity contribution is -0.136. The smallest absolute Gasteiger partial charge is 0.227 e. The lowest BCUT2D eigenvalue weighted by Crippen LogP contribution is -2.38. The molecule has 0 saturated carbocycles. The van der Waals surface area contributed by atoms with Crippen molar-refractivity contribution in [2.24, 2.45) is 11.7 Å².